The largest absolute Gasteiger partial charge is 0.465 e. The standard InChI is InChI=1S/C25H31F3N7O7P/c1-3-39-21(37)13(2)34-43(38,42-15-7-5-4-6-8-15)40-11-16-18(36)25(28,22(26)27)23(41-16)35-12-30-17-19(31-14-9-10-14)32-24(29)33-20(17)35/h4-8,12-14,16,18,22-23,36H,3,9-11H2,1-2H3,(H,34,38)(H3,29,31,32,33)/t13-,16-,18-,23-,25+,43-/m1/s1. The lowest BCUT2D eigenvalue weighted by Gasteiger charge is -2.28. The number of nitrogens with one attached hydrogen (secondary N) is 2. The van der Waals surface area contributed by atoms with Crippen molar-refractivity contribution in [2.45, 2.75) is 69.3 Å². The molecule has 3 aromatic rings. The Hall–Kier alpha value is -3.50. The maximum atomic E-state index is 16.1. The van der Waals surface area contributed by atoms with Gasteiger partial charge in [0, 0.05) is 6.04 Å². The summed E-state index contributed by atoms with van der Waals surface area (Å²) in [6, 6.07) is 6.68. The zero-order valence-electron chi connectivity index (χ0n) is 23.1. The molecule has 6 atom stereocenters. The normalized spacial score (nSPS) is 25.9. The van der Waals surface area contributed by atoms with Crippen LogP contribution in [0.3, 0.4) is 0 Å². The van der Waals surface area contributed by atoms with E-state index in [1.54, 1.807) is 25.1 Å². The van der Waals surface area contributed by atoms with E-state index in [4.69, 9.17) is 24.3 Å². The number of para-hydroxylation sites is 1. The number of ether oxygens (including phenoxy) is 2. The van der Waals surface area contributed by atoms with E-state index in [9.17, 15) is 23.2 Å². The number of nitrogens with two attached hydrogens (primary N) is 1. The lowest BCUT2D eigenvalue weighted by Crippen LogP contribution is -2.49. The van der Waals surface area contributed by atoms with Crippen LogP contribution in [-0.4, -0.2) is 80.2 Å². The lowest BCUT2D eigenvalue weighted by molar-refractivity contribution is -0.144. The van der Waals surface area contributed by atoms with Gasteiger partial charge >= 0.3 is 13.7 Å². The number of fused-ring (bicyclic) bond motifs is 1. The van der Waals surface area contributed by atoms with Gasteiger partial charge in [0.25, 0.3) is 6.43 Å². The minimum absolute atomic E-state index is 0.0445. The minimum atomic E-state index is -4.48. The Morgan fingerprint density at radius 2 is 2.02 bits per heavy atom. The summed E-state index contributed by atoms with van der Waals surface area (Å²) in [7, 11) is -4.48. The van der Waals surface area contributed by atoms with Crippen molar-refractivity contribution in [2.75, 3.05) is 24.3 Å². The number of aliphatic hydroxyl groups excluding tert-OH is 1. The Labute approximate surface area is 243 Å². The van der Waals surface area contributed by atoms with Gasteiger partial charge in [0.2, 0.25) is 11.6 Å². The number of nitrogens with zero attached hydrogens (tertiary/aromatic N) is 4. The Morgan fingerprint density at radius 3 is 2.67 bits per heavy atom. The zero-order valence-corrected chi connectivity index (χ0v) is 24.0. The number of halogens is 3. The van der Waals surface area contributed by atoms with E-state index in [2.05, 4.69) is 25.4 Å². The second-order valence-corrected chi connectivity index (χ2v) is 11.8. The van der Waals surface area contributed by atoms with Gasteiger partial charge in [-0.2, -0.15) is 15.1 Å². The highest BCUT2D eigenvalue weighted by molar-refractivity contribution is 7.52. The molecule has 3 heterocycles. The fourth-order valence-corrected chi connectivity index (χ4v) is 5.99. The first-order valence-corrected chi connectivity index (χ1v) is 15.0. The third-order valence-corrected chi connectivity index (χ3v) is 8.44. The van der Waals surface area contributed by atoms with Crippen LogP contribution >= 0.6 is 7.75 Å². The molecular formula is C25H31F3N7O7P. The summed E-state index contributed by atoms with van der Waals surface area (Å²) in [5.41, 5.74) is 2.17. The van der Waals surface area contributed by atoms with Crippen LogP contribution in [-0.2, 0) is 23.4 Å². The number of benzene rings is 1. The first-order chi connectivity index (χ1) is 20.4. The first-order valence-electron chi connectivity index (χ1n) is 13.5. The Bertz CT molecular complexity index is 1500. The summed E-state index contributed by atoms with van der Waals surface area (Å²) in [6.07, 6.45) is -7.34. The van der Waals surface area contributed by atoms with Gasteiger partial charge in [0.05, 0.1) is 19.5 Å². The molecule has 1 aromatic carbocycles. The van der Waals surface area contributed by atoms with Crippen LogP contribution in [0.4, 0.5) is 24.9 Å². The summed E-state index contributed by atoms with van der Waals surface area (Å²) < 4.78 is 80.8. The maximum absolute atomic E-state index is 16.1. The van der Waals surface area contributed by atoms with E-state index in [0.29, 0.717) is 0 Å². The molecule has 2 fully saturated rings. The summed E-state index contributed by atoms with van der Waals surface area (Å²) in [4.78, 5) is 24.5. The van der Waals surface area contributed by atoms with Gasteiger partial charge in [0.1, 0.15) is 24.0 Å². The van der Waals surface area contributed by atoms with Crippen LogP contribution in [0, 0.1) is 0 Å². The number of nitrogen functional groups attached to an aromatic ring is 1. The zero-order chi connectivity index (χ0) is 30.9. The molecule has 1 saturated carbocycles. The van der Waals surface area contributed by atoms with Gasteiger partial charge in [0.15, 0.2) is 23.2 Å². The Kier molecular flexibility index (Phi) is 8.81. The molecule has 5 N–H and O–H groups in total. The van der Waals surface area contributed by atoms with Gasteiger partial charge in [-0.05, 0) is 38.8 Å². The fraction of sp³-hybridized carbons (Fsp3) is 0.520. The second kappa shape index (κ2) is 12.2. The van der Waals surface area contributed by atoms with Gasteiger partial charge < -0.3 is 30.2 Å². The summed E-state index contributed by atoms with van der Waals surface area (Å²) in [6.45, 7) is 2.08. The van der Waals surface area contributed by atoms with E-state index in [-0.39, 0.29) is 41.3 Å². The molecule has 1 aliphatic carbocycles. The van der Waals surface area contributed by atoms with E-state index in [1.165, 1.54) is 19.1 Å². The number of rotatable bonds is 13. The number of hydrogen-bond donors (Lipinski definition) is 4. The van der Waals surface area contributed by atoms with Crippen molar-refractivity contribution in [1.29, 1.82) is 0 Å². The highest BCUT2D eigenvalue weighted by atomic mass is 31.2. The van der Waals surface area contributed by atoms with Gasteiger partial charge in [-0.3, -0.25) is 13.9 Å². The minimum Gasteiger partial charge on any atom is -0.465 e. The van der Waals surface area contributed by atoms with Gasteiger partial charge in [-0.25, -0.2) is 22.7 Å². The molecular weight excluding hydrogens is 598 g/mol. The highest BCUT2D eigenvalue weighted by Gasteiger charge is 2.64. The summed E-state index contributed by atoms with van der Waals surface area (Å²) >= 11 is 0. The van der Waals surface area contributed by atoms with E-state index in [1.807, 2.05) is 0 Å². The molecule has 234 valence electrons. The fourth-order valence-electron chi connectivity index (χ4n) is 4.49. The SMILES string of the molecule is CCOC(=O)[C@@H](C)N[P@@](=O)(OC[C@H]1O[C@@H](n2cnc3c(NC4CC4)nc(N)nc32)[C@@](F)(C(F)F)[C@@H]1O)Oc1ccccc1. The molecule has 0 bridgehead atoms. The third kappa shape index (κ3) is 6.40. The molecule has 43 heavy (non-hydrogen) atoms. The molecule has 2 aliphatic rings. The highest BCUT2D eigenvalue weighted by Crippen LogP contribution is 2.50. The van der Waals surface area contributed by atoms with Crippen molar-refractivity contribution in [3.05, 3.63) is 36.7 Å². The van der Waals surface area contributed by atoms with Crippen molar-refractivity contribution in [2.24, 2.45) is 0 Å². The molecule has 0 radical (unpaired) electrons. The van der Waals surface area contributed by atoms with Crippen LogP contribution in [0.2, 0.25) is 0 Å². The average molecular weight is 630 g/mol. The Morgan fingerprint density at radius 1 is 1.30 bits per heavy atom. The molecule has 18 heteroatoms. The smallest absolute Gasteiger partial charge is 0.459 e. The van der Waals surface area contributed by atoms with Crippen LogP contribution in [0.25, 0.3) is 11.2 Å². The number of aromatic nitrogens is 4. The second-order valence-electron chi connectivity index (χ2n) is 10.1. The van der Waals surface area contributed by atoms with Crippen LogP contribution < -0.4 is 20.7 Å². The van der Waals surface area contributed by atoms with E-state index >= 15 is 4.39 Å². The number of esters is 1. The van der Waals surface area contributed by atoms with Crippen LogP contribution in [0.1, 0.15) is 32.9 Å². The molecule has 0 spiro atoms. The molecule has 1 saturated heterocycles. The number of carbonyl (C=O) groups excluding carboxylic acids is 1. The van der Waals surface area contributed by atoms with Crippen molar-refractivity contribution >= 4 is 36.6 Å². The average Bonchev–Trinajstić information content (AvgIpc) is 3.62. The van der Waals surface area contributed by atoms with E-state index < -0.39 is 56.9 Å². The number of anilines is 2. The number of imidazole rings is 1. The lowest BCUT2D eigenvalue weighted by atomic mass is 9.96. The predicted molar refractivity (Wildman–Crippen MR) is 146 cm³/mol. The molecule has 5 rings (SSSR count). The van der Waals surface area contributed by atoms with Gasteiger partial charge in [-0.1, -0.05) is 18.2 Å². The third-order valence-electron chi connectivity index (χ3n) is 6.80. The number of carbonyl (C=O) groups is 1. The van der Waals surface area contributed by atoms with E-state index in [0.717, 1.165) is 23.7 Å². The summed E-state index contributed by atoms with van der Waals surface area (Å²) in [5, 5.41) is 16.3. The topological polar surface area (TPSA) is 185 Å². The van der Waals surface area contributed by atoms with Crippen LogP contribution in [0.5, 0.6) is 5.75 Å². The van der Waals surface area contributed by atoms with Gasteiger partial charge in [-0.15, -0.1) is 0 Å². The number of alkyl halides is 3. The number of hydrogen-bond acceptors (Lipinski definition) is 12. The predicted octanol–water partition coefficient (Wildman–Crippen LogP) is 2.96. The van der Waals surface area contributed by atoms with Crippen LogP contribution in [0.15, 0.2) is 36.7 Å². The van der Waals surface area contributed by atoms with Crippen molar-refractivity contribution in [3.8, 4) is 5.75 Å². The Balaban J connectivity index is 1.41. The van der Waals surface area contributed by atoms with Crippen molar-refractivity contribution in [3.63, 3.8) is 0 Å². The molecule has 2 aromatic heterocycles. The summed E-state index contributed by atoms with van der Waals surface area (Å²) in [5.74, 6) is -0.683. The molecule has 14 nitrogen and oxygen atoms in total. The molecule has 1 aliphatic heterocycles. The molecule has 0 unspecified atom stereocenters. The molecule has 0 amide bonds. The number of aliphatic hydroxyl groups is 1. The van der Waals surface area contributed by atoms with Crippen molar-refractivity contribution < 1.29 is 46.2 Å². The quantitative estimate of drug-likeness (QED) is 0.160. The maximum Gasteiger partial charge on any atom is 0.459 e. The monoisotopic (exact) mass is 629 g/mol. The van der Waals surface area contributed by atoms with Crippen molar-refractivity contribution in [1.82, 2.24) is 24.6 Å². The first kappa shape index (κ1) is 30.9.